The third kappa shape index (κ3) is 4.28. The molecule has 2 atom stereocenters. The summed E-state index contributed by atoms with van der Waals surface area (Å²) in [5.74, 6) is 0.446. The third-order valence-electron chi connectivity index (χ3n) is 5.85. The number of benzene rings is 1. The Morgan fingerprint density at radius 2 is 1.82 bits per heavy atom. The first-order chi connectivity index (χ1) is 13.6. The third-order valence-corrected chi connectivity index (χ3v) is 5.85. The van der Waals surface area contributed by atoms with E-state index in [9.17, 15) is 4.79 Å². The molecule has 0 bridgehead atoms. The molecule has 150 valence electrons. The van der Waals surface area contributed by atoms with E-state index in [1.54, 1.807) is 6.20 Å². The molecule has 0 radical (unpaired) electrons. The van der Waals surface area contributed by atoms with Gasteiger partial charge in [0, 0.05) is 25.6 Å². The second kappa shape index (κ2) is 8.45. The van der Waals surface area contributed by atoms with E-state index in [0.29, 0.717) is 19.0 Å². The van der Waals surface area contributed by atoms with Gasteiger partial charge in [-0.15, -0.1) is 0 Å². The van der Waals surface area contributed by atoms with Crippen LogP contribution in [0.15, 0.2) is 36.5 Å². The fraction of sp³-hybridized carbons (Fsp3) is 0.545. The van der Waals surface area contributed by atoms with Crippen molar-refractivity contribution in [1.29, 1.82) is 0 Å². The standard InChI is InChI=1S/C22H30N4O2/c1-16-13-26(14-17(2)28-16)22(27)20-12-23-24-21(20)19-8-10-25(11-9-19)15-18-6-4-3-5-7-18/h3-7,12,16-17,19H,8-11,13-15H2,1-2H3,(H,23,24). The number of carbonyl (C=O) groups is 1. The molecule has 2 aromatic rings. The summed E-state index contributed by atoms with van der Waals surface area (Å²) in [6, 6.07) is 10.6. The van der Waals surface area contributed by atoms with E-state index >= 15 is 0 Å². The summed E-state index contributed by atoms with van der Waals surface area (Å²) in [4.78, 5) is 17.5. The van der Waals surface area contributed by atoms with Crippen molar-refractivity contribution in [3.63, 3.8) is 0 Å². The Bertz CT molecular complexity index is 773. The second-order valence-corrected chi connectivity index (χ2v) is 8.20. The normalized spacial score (nSPS) is 24.4. The van der Waals surface area contributed by atoms with Crippen LogP contribution in [-0.2, 0) is 11.3 Å². The number of amides is 1. The molecule has 2 fully saturated rings. The molecule has 0 spiro atoms. The summed E-state index contributed by atoms with van der Waals surface area (Å²) in [5.41, 5.74) is 3.10. The minimum atomic E-state index is 0.0734. The number of piperidine rings is 1. The lowest BCUT2D eigenvalue weighted by atomic mass is 9.90. The fourth-order valence-electron chi connectivity index (χ4n) is 4.51. The van der Waals surface area contributed by atoms with Crippen molar-refractivity contribution in [1.82, 2.24) is 20.0 Å². The summed E-state index contributed by atoms with van der Waals surface area (Å²) in [5, 5.41) is 7.36. The lowest BCUT2D eigenvalue weighted by Crippen LogP contribution is -2.48. The van der Waals surface area contributed by atoms with Crippen LogP contribution in [0.5, 0.6) is 0 Å². The first-order valence-corrected chi connectivity index (χ1v) is 10.3. The van der Waals surface area contributed by atoms with Crippen molar-refractivity contribution in [2.75, 3.05) is 26.2 Å². The number of hydrogen-bond donors (Lipinski definition) is 1. The summed E-state index contributed by atoms with van der Waals surface area (Å²) in [7, 11) is 0. The lowest BCUT2D eigenvalue weighted by molar-refractivity contribution is -0.0586. The van der Waals surface area contributed by atoms with Gasteiger partial charge in [-0.25, -0.2) is 0 Å². The Kier molecular flexibility index (Phi) is 5.78. The SMILES string of the molecule is CC1CN(C(=O)c2cn[nH]c2C2CCN(Cc3ccccc3)CC2)CC(C)O1. The highest BCUT2D eigenvalue weighted by Gasteiger charge is 2.31. The van der Waals surface area contributed by atoms with Gasteiger partial charge in [-0.1, -0.05) is 30.3 Å². The zero-order valence-electron chi connectivity index (χ0n) is 16.8. The smallest absolute Gasteiger partial charge is 0.257 e. The molecule has 3 heterocycles. The van der Waals surface area contributed by atoms with E-state index in [0.717, 1.165) is 43.7 Å². The number of aromatic amines is 1. The van der Waals surface area contributed by atoms with E-state index < -0.39 is 0 Å². The highest BCUT2D eigenvalue weighted by Crippen LogP contribution is 2.30. The number of likely N-dealkylation sites (tertiary alicyclic amines) is 1. The van der Waals surface area contributed by atoms with Crippen LogP contribution in [0.3, 0.4) is 0 Å². The van der Waals surface area contributed by atoms with Crippen LogP contribution >= 0.6 is 0 Å². The molecule has 4 rings (SSSR count). The molecule has 1 aromatic heterocycles. The Hall–Kier alpha value is -2.18. The number of aromatic nitrogens is 2. The molecule has 6 heteroatoms. The van der Waals surface area contributed by atoms with Gasteiger partial charge in [-0.05, 0) is 45.3 Å². The molecule has 2 aliphatic rings. The highest BCUT2D eigenvalue weighted by atomic mass is 16.5. The van der Waals surface area contributed by atoms with E-state index in [1.165, 1.54) is 5.56 Å². The van der Waals surface area contributed by atoms with E-state index in [4.69, 9.17) is 4.74 Å². The number of H-pyrrole nitrogens is 1. The predicted molar refractivity (Wildman–Crippen MR) is 108 cm³/mol. The molecular weight excluding hydrogens is 352 g/mol. The number of nitrogens with zero attached hydrogens (tertiary/aromatic N) is 3. The summed E-state index contributed by atoms with van der Waals surface area (Å²) in [6.45, 7) is 8.40. The minimum Gasteiger partial charge on any atom is -0.372 e. The zero-order chi connectivity index (χ0) is 19.5. The molecule has 1 N–H and O–H groups in total. The quantitative estimate of drug-likeness (QED) is 0.883. The van der Waals surface area contributed by atoms with Crippen LogP contribution < -0.4 is 0 Å². The summed E-state index contributed by atoms with van der Waals surface area (Å²) < 4.78 is 5.77. The first kappa shape index (κ1) is 19.2. The van der Waals surface area contributed by atoms with E-state index in [1.807, 2.05) is 18.7 Å². The minimum absolute atomic E-state index is 0.0734. The maximum absolute atomic E-state index is 13.1. The van der Waals surface area contributed by atoms with Crippen molar-refractivity contribution in [3.8, 4) is 0 Å². The number of nitrogens with one attached hydrogen (secondary N) is 1. The number of rotatable bonds is 4. The molecule has 0 saturated carbocycles. The molecule has 1 amide bonds. The van der Waals surface area contributed by atoms with Gasteiger partial charge in [0.25, 0.3) is 5.91 Å². The highest BCUT2D eigenvalue weighted by molar-refractivity contribution is 5.95. The van der Waals surface area contributed by atoms with Crippen molar-refractivity contribution in [3.05, 3.63) is 53.3 Å². The number of ether oxygens (including phenoxy) is 1. The van der Waals surface area contributed by atoms with Crippen molar-refractivity contribution in [2.24, 2.45) is 0 Å². The van der Waals surface area contributed by atoms with E-state index in [-0.39, 0.29) is 18.1 Å². The van der Waals surface area contributed by atoms with Gasteiger partial charge in [-0.3, -0.25) is 14.8 Å². The summed E-state index contributed by atoms with van der Waals surface area (Å²) >= 11 is 0. The van der Waals surface area contributed by atoms with E-state index in [2.05, 4.69) is 45.4 Å². The number of morpholine rings is 1. The molecule has 28 heavy (non-hydrogen) atoms. The van der Waals surface area contributed by atoms with Crippen molar-refractivity contribution in [2.45, 2.75) is 51.4 Å². The van der Waals surface area contributed by atoms with Crippen LogP contribution in [0, 0.1) is 0 Å². The molecular formula is C22H30N4O2. The largest absolute Gasteiger partial charge is 0.372 e. The zero-order valence-corrected chi connectivity index (χ0v) is 16.8. The summed E-state index contributed by atoms with van der Waals surface area (Å²) in [6.07, 6.45) is 3.95. The van der Waals surface area contributed by atoms with Crippen LogP contribution in [0.2, 0.25) is 0 Å². The van der Waals surface area contributed by atoms with Gasteiger partial charge in [0.2, 0.25) is 0 Å². The molecule has 1 aromatic carbocycles. The lowest BCUT2D eigenvalue weighted by Gasteiger charge is -2.36. The van der Waals surface area contributed by atoms with Gasteiger partial charge in [0.15, 0.2) is 0 Å². The van der Waals surface area contributed by atoms with Gasteiger partial charge < -0.3 is 9.64 Å². The Labute approximate surface area is 166 Å². The van der Waals surface area contributed by atoms with Gasteiger partial charge in [0.1, 0.15) is 0 Å². The van der Waals surface area contributed by atoms with Crippen LogP contribution in [0.4, 0.5) is 0 Å². The topological polar surface area (TPSA) is 61.5 Å². The Morgan fingerprint density at radius 3 is 2.50 bits per heavy atom. The van der Waals surface area contributed by atoms with Crippen LogP contribution in [0.1, 0.15) is 54.2 Å². The van der Waals surface area contributed by atoms with Gasteiger partial charge in [-0.2, -0.15) is 5.10 Å². The molecule has 2 unspecified atom stereocenters. The predicted octanol–water partition coefficient (Wildman–Crippen LogP) is 3.04. The average Bonchev–Trinajstić information content (AvgIpc) is 3.18. The van der Waals surface area contributed by atoms with Gasteiger partial charge in [0.05, 0.1) is 29.7 Å². The maximum atomic E-state index is 13.1. The molecule has 2 saturated heterocycles. The fourth-order valence-corrected chi connectivity index (χ4v) is 4.51. The van der Waals surface area contributed by atoms with Crippen molar-refractivity contribution < 1.29 is 9.53 Å². The monoisotopic (exact) mass is 382 g/mol. The molecule has 0 aliphatic carbocycles. The Balaban J connectivity index is 1.39. The van der Waals surface area contributed by atoms with Gasteiger partial charge >= 0.3 is 0 Å². The molecule has 2 aliphatic heterocycles. The van der Waals surface area contributed by atoms with Crippen LogP contribution in [0.25, 0.3) is 0 Å². The van der Waals surface area contributed by atoms with Crippen LogP contribution in [-0.4, -0.2) is 64.3 Å². The average molecular weight is 383 g/mol. The van der Waals surface area contributed by atoms with Crippen molar-refractivity contribution >= 4 is 5.91 Å². The number of carbonyl (C=O) groups excluding carboxylic acids is 1. The maximum Gasteiger partial charge on any atom is 0.257 e. The molecule has 6 nitrogen and oxygen atoms in total. The Morgan fingerprint density at radius 1 is 1.14 bits per heavy atom. The number of hydrogen-bond acceptors (Lipinski definition) is 4. The second-order valence-electron chi connectivity index (χ2n) is 8.20. The first-order valence-electron chi connectivity index (χ1n) is 10.3.